The van der Waals surface area contributed by atoms with Gasteiger partial charge in [0.2, 0.25) is 0 Å². The maximum atomic E-state index is 13.8. The van der Waals surface area contributed by atoms with Crippen molar-refractivity contribution in [1.29, 1.82) is 0 Å². The minimum atomic E-state index is -2.72. The van der Waals surface area contributed by atoms with E-state index in [1.165, 1.54) is 12.1 Å². The topological polar surface area (TPSA) is 24.9 Å². The van der Waals surface area contributed by atoms with Crippen LogP contribution in [0.1, 0.15) is 24.6 Å². The van der Waals surface area contributed by atoms with Gasteiger partial charge in [-0.25, -0.2) is 18.2 Å². The number of halogens is 3. The molecule has 1 aromatic heterocycles. The van der Waals surface area contributed by atoms with Crippen LogP contribution >= 0.6 is 0 Å². The maximum Gasteiger partial charge on any atom is 0.280 e. The summed E-state index contributed by atoms with van der Waals surface area (Å²) in [5.41, 5.74) is 0.779. The van der Waals surface area contributed by atoms with Crippen LogP contribution < -0.4 is 5.32 Å². The summed E-state index contributed by atoms with van der Waals surface area (Å²) in [4.78, 5) is 3.69. The van der Waals surface area contributed by atoms with Crippen LogP contribution in [0.4, 0.5) is 18.9 Å². The van der Waals surface area contributed by atoms with Gasteiger partial charge in [0.1, 0.15) is 17.0 Å². The standard InChI is InChI=1S/C13H13F3N2/c1-3-17-10-6-11(13(15)16)18-12-8(10)4-7(2)5-9(12)14/h4-6,13H,3H2,1-2H3,(H,17,18). The summed E-state index contributed by atoms with van der Waals surface area (Å²) in [6.07, 6.45) is -2.72. The first kappa shape index (κ1) is 12.7. The van der Waals surface area contributed by atoms with E-state index in [1.54, 1.807) is 13.0 Å². The van der Waals surface area contributed by atoms with Gasteiger partial charge in [-0.3, -0.25) is 0 Å². The molecule has 0 amide bonds. The Balaban J connectivity index is 2.76. The average Bonchev–Trinajstić information content (AvgIpc) is 2.29. The first-order chi connectivity index (χ1) is 8.52. The Morgan fingerprint density at radius 3 is 2.61 bits per heavy atom. The Bertz CT molecular complexity index is 582. The lowest BCUT2D eigenvalue weighted by Crippen LogP contribution is -2.02. The van der Waals surface area contributed by atoms with Crippen molar-refractivity contribution >= 4 is 16.6 Å². The lowest BCUT2D eigenvalue weighted by Gasteiger charge is -2.11. The molecule has 0 atom stereocenters. The van der Waals surface area contributed by atoms with E-state index in [4.69, 9.17) is 0 Å². The number of fused-ring (bicyclic) bond motifs is 1. The largest absolute Gasteiger partial charge is 0.385 e. The van der Waals surface area contributed by atoms with E-state index in [1.807, 2.05) is 6.92 Å². The highest BCUT2D eigenvalue weighted by atomic mass is 19.3. The van der Waals surface area contributed by atoms with Gasteiger partial charge in [-0.05, 0) is 37.6 Å². The number of nitrogens with one attached hydrogen (secondary N) is 1. The van der Waals surface area contributed by atoms with E-state index < -0.39 is 17.9 Å². The SMILES string of the molecule is CCNc1cc(C(F)F)nc2c(F)cc(C)cc12. The Kier molecular flexibility index (Phi) is 3.41. The molecule has 2 rings (SSSR count). The minimum absolute atomic E-state index is 0.0191. The van der Waals surface area contributed by atoms with Crippen molar-refractivity contribution in [2.24, 2.45) is 0 Å². The second-order valence-corrected chi connectivity index (χ2v) is 4.07. The smallest absolute Gasteiger partial charge is 0.280 e. The van der Waals surface area contributed by atoms with Crippen LogP contribution in [-0.2, 0) is 0 Å². The number of nitrogens with zero attached hydrogens (tertiary/aromatic N) is 1. The molecule has 96 valence electrons. The fourth-order valence-electron chi connectivity index (χ4n) is 1.89. The fraction of sp³-hybridized carbons (Fsp3) is 0.308. The first-order valence-electron chi connectivity index (χ1n) is 5.65. The zero-order valence-corrected chi connectivity index (χ0v) is 10.1. The van der Waals surface area contributed by atoms with Gasteiger partial charge in [0, 0.05) is 17.6 Å². The molecule has 0 aliphatic rings. The van der Waals surface area contributed by atoms with Crippen LogP contribution in [0, 0.1) is 12.7 Å². The molecule has 0 unspecified atom stereocenters. The van der Waals surface area contributed by atoms with Crippen LogP contribution in [0.2, 0.25) is 0 Å². The molecule has 1 N–H and O–H groups in total. The van der Waals surface area contributed by atoms with Crippen LogP contribution in [0.5, 0.6) is 0 Å². The number of hydrogen-bond donors (Lipinski definition) is 1. The number of aryl methyl sites for hydroxylation is 1. The summed E-state index contributed by atoms with van der Waals surface area (Å²) in [5, 5.41) is 3.49. The molecule has 2 nitrogen and oxygen atoms in total. The Morgan fingerprint density at radius 2 is 2.00 bits per heavy atom. The van der Waals surface area contributed by atoms with E-state index in [0.717, 1.165) is 5.56 Å². The Labute approximate surface area is 103 Å². The second-order valence-electron chi connectivity index (χ2n) is 4.07. The molecule has 0 fully saturated rings. The zero-order valence-electron chi connectivity index (χ0n) is 10.1. The molecule has 0 bridgehead atoms. The van der Waals surface area contributed by atoms with Gasteiger partial charge in [0.25, 0.3) is 6.43 Å². The van der Waals surface area contributed by atoms with Crippen LogP contribution in [0.15, 0.2) is 18.2 Å². The van der Waals surface area contributed by atoms with E-state index in [9.17, 15) is 13.2 Å². The molecular weight excluding hydrogens is 241 g/mol. The number of hydrogen-bond acceptors (Lipinski definition) is 2. The average molecular weight is 254 g/mol. The fourth-order valence-corrected chi connectivity index (χ4v) is 1.89. The second kappa shape index (κ2) is 4.84. The molecule has 0 aliphatic carbocycles. The summed E-state index contributed by atoms with van der Waals surface area (Å²) in [5.74, 6) is -0.577. The third-order valence-corrected chi connectivity index (χ3v) is 2.62. The lowest BCUT2D eigenvalue weighted by molar-refractivity contribution is 0.146. The van der Waals surface area contributed by atoms with Crippen molar-refractivity contribution < 1.29 is 13.2 Å². The molecule has 0 aliphatic heterocycles. The summed E-state index contributed by atoms with van der Waals surface area (Å²) >= 11 is 0. The summed E-state index contributed by atoms with van der Waals surface area (Å²) < 4.78 is 39.2. The molecule has 2 aromatic rings. The molecule has 5 heteroatoms. The van der Waals surface area contributed by atoms with Crippen LogP contribution in [-0.4, -0.2) is 11.5 Å². The van der Waals surface area contributed by atoms with Gasteiger partial charge < -0.3 is 5.32 Å². The molecule has 0 saturated carbocycles. The van der Waals surface area contributed by atoms with Crippen LogP contribution in [0.25, 0.3) is 10.9 Å². The van der Waals surface area contributed by atoms with Crippen molar-refractivity contribution in [1.82, 2.24) is 4.98 Å². The highest BCUT2D eigenvalue weighted by Crippen LogP contribution is 2.29. The summed E-state index contributed by atoms with van der Waals surface area (Å²) in [6.45, 7) is 4.16. The van der Waals surface area contributed by atoms with Gasteiger partial charge in [-0.2, -0.15) is 0 Å². The van der Waals surface area contributed by atoms with Crippen molar-refractivity contribution in [3.8, 4) is 0 Å². The Hall–Kier alpha value is -1.78. The van der Waals surface area contributed by atoms with Gasteiger partial charge >= 0.3 is 0 Å². The van der Waals surface area contributed by atoms with Gasteiger partial charge in [0.15, 0.2) is 0 Å². The van der Waals surface area contributed by atoms with Gasteiger partial charge in [-0.1, -0.05) is 0 Å². The maximum absolute atomic E-state index is 13.8. The van der Waals surface area contributed by atoms with Gasteiger partial charge in [0.05, 0.1) is 0 Å². The molecule has 0 saturated heterocycles. The normalized spacial score (nSPS) is 11.2. The number of pyridine rings is 1. The number of anilines is 1. The number of alkyl halides is 2. The molecular formula is C13H13F3N2. The third-order valence-electron chi connectivity index (χ3n) is 2.62. The van der Waals surface area contributed by atoms with E-state index in [0.29, 0.717) is 17.6 Å². The third kappa shape index (κ3) is 2.25. The number of aromatic nitrogens is 1. The summed E-state index contributed by atoms with van der Waals surface area (Å²) in [7, 11) is 0. The molecule has 1 heterocycles. The van der Waals surface area contributed by atoms with E-state index >= 15 is 0 Å². The van der Waals surface area contributed by atoms with Crippen molar-refractivity contribution in [3.63, 3.8) is 0 Å². The lowest BCUT2D eigenvalue weighted by atomic mass is 10.1. The molecule has 18 heavy (non-hydrogen) atoms. The highest BCUT2D eigenvalue weighted by Gasteiger charge is 2.15. The predicted molar refractivity (Wildman–Crippen MR) is 65.6 cm³/mol. The van der Waals surface area contributed by atoms with Gasteiger partial charge in [-0.15, -0.1) is 0 Å². The van der Waals surface area contributed by atoms with Crippen LogP contribution in [0.3, 0.4) is 0 Å². The number of rotatable bonds is 3. The quantitative estimate of drug-likeness (QED) is 0.893. The van der Waals surface area contributed by atoms with E-state index in [-0.39, 0.29) is 5.52 Å². The molecule has 0 radical (unpaired) electrons. The summed E-state index contributed by atoms with van der Waals surface area (Å²) in [6, 6.07) is 4.30. The monoisotopic (exact) mass is 254 g/mol. The first-order valence-corrected chi connectivity index (χ1v) is 5.65. The number of benzene rings is 1. The van der Waals surface area contributed by atoms with Crippen molar-refractivity contribution in [2.75, 3.05) is 11.9 Å². The Morgan fingerprint density at radius 1 is 1.28 bits per heavy atom. The van der Waals surface area contributed by atoms with Crippen molar-refractivity contribution in [3.05, 3.63) is 35.3 Å². The molecule has 1 aromatic carbocycles. The molecule has 0 spiro atoms. The minimum Gasteiger partial charge on any atom is -0.385 e. The predicted octanol–water partition coefficient (Wildman–Crippen LogP) is 4.05. The highest BCUT2D eigenvalue weighted by molar-refractivity contribution is 5.92. The van der Waals surface area contributed by atoms with E-state index in [2.05, 4.69) is 10.3 Å². The zero-order chi connectivity index (χ0) is 13.3. The van der Waals surface area contributed by atoms with Crippen molar-refractivity contribution in [2.45, 2.75) is 20.3 Å².